The Morgan fingerprint density at radius 3 is 2.77 bits per heavy atom. The first kappa shape index (κ1) is 18.7. The summed E-state index contributed by atoms with van der Waals surface area (Å²) >= 11 is 0. The highest BCUT2D eigenvalue weighted by Crippen LogP contribution is 2.38. The molecule has 2 aromatic carbocycles. The van der Waals surface area contributed by atoms with Crippen molar-refractivity contribution in [3.63, 3.8) is 0 Å². The average Bonchev–Trinajstić information content (AvgIpc) is 3.41. The maximum absolute atomic E-state index is 13.6. The SMILES string of the molecule is O=C(c1ccccc1Cn1cccn1)N1CCC[C@H]1c1ccc2c(c1)OCCCO2. The van der Waals surface area contributed by atoms with Crippen molar-refractivity contribution in [3.8, 4) is 11.5 Å². The molecule has 0 bridgehead atoms. The molecule has 1 fully saturated rings. The predicted molar refractivity (Wildman–Crippen MR) is 113 cm³/mol. The van der Waals surface area contributed by atoms with Crippen molar-refractivity contribution in [1.82, 2.24) is 14.7 Å². The van der Waals surface area contributed by atoms with Crippen molar-refractivity contribution < 1.29 is 14.3 Å². The van der Waals surface area contributed by atoms with Crippen LogP contribution in [0.15, 0.2) is 60.9 Å². The molecular weight excluding hydrogens is 378 g/mol. The van der Waals surface area contributed by atoms with Crippen LogP contribution in [0.3, 0.4) is 0 Å². The minimum atomic E-state index is 0.0485. The summed E-state index contributed by atoms with van der Waals surface area (Å²) < 4.78 is 13.5. The number of carbonyl (C=O) groups is 1. The second kappa shape index (κ2) is 8.22. The van der Waals surface area contributed by atoms with Gasteiger partial charge >= 0.3 is 0 Å². The van der Waals surface area contributed by atoms with Crippen LogP contribution in [-0.4, -0.2) is 40.3 Å². The summed E-state index contributed by atoms with van der Waals surface area (Å²) in [6.07, 6.45) is 6.49. The third-order valence-corrected chi connectivity index (χ3v) is 5.81. The van der Waals surface area contributed by atoms with Gasteiger partial charge < -0.3 is 14.4 Å². The molecule has 1 saturated heterocycles. The van der Waals surface area contributed by atoms with Crippen molar-refractivity contribution in [2.75, 3.05) is 19.8 Å². The fraction of sp³-hybridized carbons (Fsp3) is 0.333. The number of carbonyl (C=O) groups excluding carboxylic acids is 1. The first-order valence-electron chi connectivity index (χ1n) is 10.6. The molecule has 1 atom stereocenters. The molecule has 2 aliphatic rings. The highest BCUT2D eigenvalue weighted by atomic mass is 16.5. The lowest BCUT2D eigenvalue weighted by Gasteiger charge is -2.26. The Balaban J connectivity index is 1.42. The number of amides is 1. The molecule has 1 aromatic heterocycles. The van der Waals surface area contributed by atoms with Gasteiger partial charge in [-0.3, -0.25) is 9.48 Å². The number of fused-ring (bicyclic) bond motifs is 1. The van der Waals surface area contributed by atoms with E-state index in [1.807, 2.05) is 58.2 Å². The lowest BCUT2D eigenvalue weighted by atomic mass is 10.0. The monoisotopic (exact) mass is 403 g/mol. The number of benzene rings is 2. The number of hydrogen-bond acceptors (Lipinski definition) is 4. The van der Waals surface area contributed by atoms with E-state index in [-0.39, 0.29) is 11.9 Å². The fourth-order valence-electron chi connectivity index (χ4n) is 4.33. The van der Waals surface area contributed by atoms with Crippen LogP contribution < -0.4 is 9.47 Å². The van der Waals surface area contributed by atoms with Crippen LogP contribution in [-0.2, 0) is 6.54 Å². The number of hydrogen-bond donors (Lipinski definition) is 0. The van der Waals surface area contributed by atoms with Crippen molar-refractivity contribution in [3.05, 3.63) is 77.6 Å². The van der Waals surface area contributed by atoms with E-state index in [1.54, 1.807) is 6.20 Å². The van der Waals surface area contributed by atoms with Crippen molar-refractivity contribution in [2.24, 2.45) is 0 Å². The average molecular weight is 403 g/mol. The highest BCUT2D eigenvalue weighted by molar-refractivity contribution is 5.96. The summed E-state index contributed by atoms with van der Waals surface area (Å²) in [5, 5.41) is 4.29. The first-order chi connectivity index (χ1) is 14.8. The van der Waals surface area contributed by atoms with Crippen LogP contribution >= 0.6 is 0 Å². The number of likely N-dealkylation sites (tertiary alicyclic amines) is 1. The maximum Gasteiger partial charge on any atom is 0.254 e. The molecule has 3 heterocycles. The zero-order valence-corrected chi connectivity index (χ0v) is 16.9. The summed E-state index contributed by atoms with van der Waals surface area (Å²) in [7, 11) is 0. The van der Waals surface area contributed by atoms with Gasteiger partial charge in [-0.05, 0) is 48.2 Å². The van der Waals surface area contributed by atoms with E-state index >= 15 is 0 Å². The van der Waals surface area contributed by atoms with Crippen LogP contribution in [0.4, 0.5) is 0 Å². The molecule has 2 aliphatic heterocycles. The number of rotatable bonds is 4. The second-order valence-corrected chi connectivity index (χ2v) is 7.77. The Labute approximate surface area is 176 Å². The van der Waals surface area contributed by atoms with Gasteiger partial charge in [-0.15, -0.1) is 0 Å². The maximum atomic E-state index is 13.6. The molecule has 0 spiro atoms. The Kier molecular flexibility index (Phi) is 5.13. The van der Waals surface area contributed by atoms with Gasteiger partial charge in [0.05, 0.1) is 25.8 Å². The van der Waals surface area contributed by atoms with Gasteiger partial charge in [-0.1, -0.05) is 24.3 Å². The van der Waals surface area contributed by atoms with Gasteiger partial charge in [-0.2, -0.15) is 5.10 Å². The first-order valence-corrected chi connectivity index (χ1v) is 10.6. The number of aromatic nitrogens is 2. The molecular formula is C24H25N3O3. The van der Waals surface area contributed by atoms with Crippen LogP contribution in [0.1, 0.15) is 46.8 Å². The second-order valence-electron chi connectivity index (χ2n) is 7.77. The van der Waals surface area contributed by atoms with E-state index in [9.17, 15) is 4.79 Å². The van der Waals surface area contributed by atoms with Crippen molar-refractivity contribution >= 4 is 5.91 Å². The van der Waals surface area contributed by atoms with E-state index in [0.29, 0.717) is 19.8 Å². The number of nitrogens with zero attached hydrogens (tertiary/aromatic N) is 3. The summed E-state index contributed by atoms with van der Waals surface area (Å²) in [6.45, 7) is 2.67. The van der Waals surface area contributed by atoms with Crippen molar-refractivity contribution in [2.45, 2.75) is 31.8 Å². The van der Waals surface area contributed by atoms with Crippen molar-refractivity contribution in [1.29, 1.82) is 0 Å². The Morgan fingerprint density at radius 2 is 1.90 bits per heavy atom. The molecule has 6 nitrogen and oxygen atoms in total. The summed E-state index contributed by atoms with van der Waals surface area (Å²) in [4.78, 5) is 15.6. The summed E-state index contributed by atoms with van der Waals surface area (Å²) in [5.74, 6) is 1.65. The van der Waals surface area contributed by atoms with E-state index in [0.717, 1.165) is 54.0 Å². The Bertz CT molecular complexity index is 1030. The summed E-state index contributed by atoms with van der Waals surface area (Å²) in [6, 6.07) is 15.9. The van der Waals surface area contributed by atoms with Crippen LogP contribution in [0, 0.1) is 0 Å². The molecule has 0 aliphatic carbocycles. The lowest BCUT2D eigenvalue weighted by Crippen LogP contribution is -2.31. The van der Waals surface area contributed by atoms with E-state index in [2.05, 4.69) is 11.2 Å². The number of ether oxygens (including phenoxy) is 2. The smallest absolute Gasteiger partial charge is 0.254 e. The Morgan fingerprint density at radius 1 is 1.03 bits per heavy atom. The molecule has 0 unspecified atom stereocenters. The van der Waals surface area contributed by atoms with Gasteiger partial charge in [0, 0.05) is 30.9 Å². The van der Waals surface area contributed by atoms with E-state index in [4.69, 9.17) is 9.47 Å². The van der Waals surface area contributed by atoms with Crippen LogP contribution in [0.2, 0.25) is 0 Å². The predicted octanol–water partition coefficient (Wildman–Crippen LogP) is 4.07. The quantitative estimate of drug-likeness (QED) is 0.659. The standard InChI is InChI=1S/C24H25N3O3/c28-24(20-7-2-1-6-19(20)17-26-12-4-11-25-26)27-13-3-8-21(27)18-9-10-22-23(16-18)30-15-5-14-29-22/h1-2,4,6-7,9-12,16,21H,3,5,8,13-15,17H2/t21-/m0/s1. The largest absolute Gasteiger partial charge is 0.490 e. The zero-order chi connectivity index (χ0) is 20.3. The summed E-state index contributed by atoms with van der Waals surface area (Å²) in [5.41, 5.74) is 2.83. The molecule has 30 heavy (non-hydrogen) atoms. The fourth-order valence-corrected chi connectivity index (χ4v) is 4.33. The normalized spacial score (nSPS) is 18.3. The molecule has 5 rings (SSSR count). The topological polar surface area (TPSA) is 56.6 Å². The van der Waals surface area contributed by atoms with Gasteiger partial charge in [0.2, 0.25) is 0 Å². The molecule has 0 N–H and O–H groups in total. The molecule has 154 valence electrons. The highest BCUT2D eigenvalue weighted by Gasteiger charge is 2.32. The third-order valence-electron chi connectivity index (χ3n) is 5.81. The molecule has 3 aromatic rings. The Hall–Kier alpha value is -3.28. The minimum absolute atomic E-state index is 0.0485. The van der Waals surface area contributed by atoms with Crippen LogP contribution in [0.5, 0.6) is 11.5 Å². The minimum Gasteiger partial charge on any atom is -0.490 e. The lowest BCUT2D eigenvalue weighted by molar-refractivity contribution is 0.0734. The van der Waals surface area contributed by atoms with Gasteiger partial charge in [0.1, 0.15) is 0 Å². The van der Waals surface area contributed by atoms with Gasteiger partial charge in [0.25, 0.3) is 5.91 Å². The zero-order valence-electron chi connectivity index (χ0n) is 16.9. The van der Waals surface area contributed by atoms with Gasteiger partial charge in [0.15, 0.2) is 11.5 Å². The van der Waals surface area contributed by atoms with E-state index < -0.39 is 0 Å². The molecule has 1 amide bonds. The van der Waals surface area contributed by atoms with Gasteiger partial charge in [-0.25, -0.2) is 0 Å². The molecule has 0 radical (unpaired) electrons. The van der Waals surface area contributed by atoms with E-state index in [1.165, 1.54) is 0 Å². The molecule has 0 saturated carbocycles. The third kappa shape index (κ3) is 3.65. The molecule has 6 heteroatoms. The van der Waals surface area contributed by atoms with Crippen LogP contribution in [0.25, 0.3) is 0 Å².